The Hall–Kier alpha value is -1.31. The van der Waals surface area contributed by atoms with E-state index in [9.17, 15) is 4.79 Å². The van der Waals surface area contributed by atoms with Gasteiger partial charge in [-0.3, -0.25) is 4.79 Å². The molecule has 0 aromatic heterocycles. The van der Waals surface area contributed by atoms with Gasteiger partial charge in [-0.1, -0.05) is 20.8 Å². The molecule has 1 aromatic rings. The first-order chi connectivity index (χ1) is 9.82. The Morgan fingerprint density at radius 2 is 1.76 bits per heavy atom. The van der Waals surface area contributed by atoms with Gasteiger partial charge in [0.2, 0.25) is 0 Å². The highest BCUT2D eigenvalue weighted by Gasteiger charge is 2.32. The molecule has 0 heterocycles. The summed E-state index contributed by atoms with van der Waals surface area (Å²) in [6, 6.07) is 5.78. The molecule has 0 N–H and O–H groups in total. The molecule has 1 fully saturated rings. The summed E-state index contributed by atoms with van der Waals surface area (Å²) >= 11 is 0. The molecule has 1 aromatic carbocycles. The topological polar surface area (TPSA) is 26.3 Å². The van der Waals surface area contributed by atoms with Crippen LogP contribution in [0.4, 0.5) is 0 Å². The molecule has 0 unspecified atom stereocenters. The van der Waals surface area contributed by atoms with Gasteiger partial charge in [0, 0.05) is 11.5 Å². The van der Waals surface area contributed by atoms with Gasteiger partial charge in [-0.15, -0.1) is 0 Å². The number of hydrogen-bond donors (Lipinski definition) is 0. The molecule has 21 heavy (non-hydrogen) atoms. The average molecular weight is 288 g/mol. The summed E-state index contributed by atoms with van der Waals surface area (Å²) in [5, 5.41) is 0. The Morgan fingerprint density at radius 1 is 1.14 bits per heavy atom. The molecule has 2 heteroatoms. The third-order valence-electron chi connectivity index (χ3n) is 5.00. The van der Waals surface area contributed by atoms with Crippen LogP contribution in [0.25, 0.3) is 0 Å². The summed E-state index contributed by atoms with van der Waals surface area (Å²) in [5.74, 6) is 2.12. The summed E-state index contributed by atoms with van der Waals surface area (Å²) < 4.78 is 5.27. The zero-order chi connectivity index (χ0) is 15.6. The normalized spacial score (nSPS) is 22.9. The highest BCUT2D eigenvalue weighted by Crippen LogP contribution is 2.40. The van der Waals surface area contributed by atoms with Gasteiger partial charge < -0.3 is 4.74 Å². The van der Waals surface area contributed by atoms with E-state index < -0.39 is 0 Å². The van der Waals surface area contributed by atoms with E-state index in [0.717, 1.165) is 35.6 Å². The minimum atomic E-state index is 0.205. The molecule has 0 saturated heterocycles. The van der Waals surface area contributed by atoms with E-state index in [2.05, 4.69) is 20.8 Å². The summed E-state index contributed by atoms with van der Waals surface area (Å²) in [4.78, 5) is 12.7. The Labute approximate surface area is 128 Å². The van der Waals surface area contributed by atoms with Gasteiger partial charge in [0.15, 0.2) is 5.78 Å². The standard InChI is InChI=1S/C19H28O2/c1-13-12-15(8-11-17(13)21-5)18(20)14-6-9-16(10-7-14)19(2,3)4/h8,11-12,14,16H,6-7,9-10H2,1-5H3. The molecule has 2 nitrogen and oxygen atoms in total. The number of benzene rings is 1. The summed E-state index contributed by atoms with van der Waals surface area (Å²) in [7, 11) is 1.66. The van der Waals surface area contributed by atoms with Crippen molar-refractivity contribution < 1.29 is 9.53 Å². The number of carbonyl (C=O) groups excluding carboxylic acids is 1. The SMILES string of the molecule is COc1ccc(C(=O)C2CCC(C(C)(C)C)CC2)cc1C. The van der Waals surface area contributed by atoms with Crippen LogP contribution >= 0.6 is 0 Å². The van der Waals surface area contributed by atoms with Crippen LogP contribution in [-0.2, 0) is 0 Å². The van der Waals surface area contributed by atoms with Crippen molar-refractivity contribution in [2.24, 2.45) is 17.3 Å². The first-order valence-electron chi connectivity index (χ1n) is 8.01. The van der Waals surface area contributed by atoms with Crippen LogP contribution in [-0.4, -0.2) is 12.9 Å². The van der Waals surface area contributed by atoms with Crippen LogP contribution in [0.1, 0.15) is 62.4 Å². The van der Waals surface area contributed by atoms with Crippen LogP contribution < -0.4 is 4.74 Å². The lowest BCUT2D eigenvalue weighted by atomic mass is 9.68. The van der Waals surface area contributed by atoms with Gasteiger partial charge in [0.1, 0.15) is 5.75 Å². The number of ether oxygens (including phenoxy) is 1. The third-order valence-corrected chi connectivity index (χ3v) is 5.00. The van der Waals surface area contributed by atoms with E-state index in [1.54, 1.807) is 7.11 Å². The fourth-order valence-electron chi connectivity index (χ4n) is 3.49. The lowest BCUT2D eigenvalue weighted by Crippen LogP contribution is -2.28. The molecule has 0 bridgehead atoms. The lowest BCUT2D eigenvalue weighted by molar-refractivity contribution is 0.0819. The average Bonchev–Trinajstić information content (AvgIpc) is 2.45. The van der Waals surface area contributed by atoms with Gasteiger partial charge >= 0.3 is 0 Å². The number of carbonyl (C=O) groups is 1. The summed E-state index contributed by atoms with van der Waals surface area (Å²) in [6.07, 6.45) is 4.42. The lowest BCUT2D eigenvalue weighted by Gasteiger charge is -2.36. The van der Waals surface area contributed by atoms with Crippen molar-refractivity contribution >= 4 is 5.78 Å². The number of aryl methyl sites for hydroxylation is 1. The van der Waals surface area contributed by atoms with Crippen LogP contribution in [0.15, 0.2) is 18.2 Å². The minimum Gasteiger partial charge on any atom is -0.496 e. The second kappa shape index (κ2) is 6.21. The number of Topliss-reactive ketones (excluding diaryl/α,β-unsaturated/α-hetero) is 1. The van der Waals surface area contributed by atoms with Gasteiger partial charge in [-0.05, 0) is 67.7 Å². The molecule has 1 aliphatic rings. The van der Waals surface area contributed by atoms with Crippen molar-refractivity contribution in [2.45, 2.75) is 53.4 Å². The smallest absolute Gasteiger partial charge is 0.165 e. The van der Waals surface area contributed by atoms with Crippen LogP contribution in [0.5, 0.6) is 5.75 Å². The van der Waals surface area contributed by atoms with E-state index in [1.807, 2.05) is 25.1 Å². The summed E-state index contributed by atoms with van der Waals surface area (Å²) in [6.45, 7) is 8.93. The fraction of sp³-hybridized carbons (Fsp3) is 0.632. The van der Waals surface area contributed by atoms with Gasteiger partial charge in [0.25, 0.3) is 0 Å². The Kier molecular flexibility index (Phi) is 4.75. The molecular weight excluding hydrogens is 260 g/mol. The highest BCUT2D eigenvalue weighted by atomic mass is 16.5. The second-order valence-corrected chi connectivity index (χ2v) is 7.46. The third kappa shape index (κ3) is 3.66. The summed E-state index contributed by atoms with van der Waals surface area (Å²) in [5.41, 5.74) is 2.24. The van der Waals surface area contributed by atoms with Crippen molar-refractivity contribution in [2.75, 3.05) is 7.11 Å². The minimum absolute atomic E-state index is 0.205. The molecule has 116 valence electrons. The monoisotopic (exact) mass is 288 g/mol. The maximum atomic E-state index is 12.7. The molecule has 0 atom stereocenters. The van der Waals surface area contributed by atoms with Crippen molar-refractivity contribution in [3.05, 3.63) is 29.3 Å². The predicted octanol–water partition coefficient (Wildman–Crippen LogP) is 5.04. The molecule has 0 spiro atoms. The van der Waals surface area contributed by atoms with Gasteiger partial charge in [-0.2, -0.15) is 0 Å². The maximum Gasteiger partial charge on any atom is 0.165 e. The van der Waals surface area contributed by atoms with E-state index >= 15 is 0 Å². The Balaban J connectivity index is 2.04. The molecule has 1 aliphatic carbocycles. The zero-order valence-electron chi connectivity index (χ0n) is 14.0. The largest absolute Gasteiger partial charge is 0.496 e. The number of rotatable bonds is 3. The van der Waals surface area contributed by atoms with Crippen LogP contribution in [0.2, 0.25) is 0 Å². The highest BCUT2D eigenvalue weighted by molar-refractivity contribution is 5.98. The van der Waals surface area contributed by atoms with Crippen LogP contribution in [0.3, 0.4) is 0 Å². The molecule has 0 aliphatic heterocycles. The zero-order valence-corrected chi connectivity index (χ0v) is 14.0. The van der Waals surface area contributed by atoms with Crippen molar-refractivity contribution in [3.63, 3.8) is 0 Å². The van der Waals surface area contributed by atoms with E-state index in [-0.39, 0.29) is 5.92 Å². The molecular formula is C19H28O2. The molecule has 0 amide bonds. The number of methoxy groups -OCH3 is 1. The van der Waals surface area contributed by atoms with Crippen LogP contribution in [0, 0.1) is 24.2 Å². The molecule has 0 radical (unpaired) electrons. The van der Waals surface area contributed by atoms with Crippen molar-refractivity contribution in [1.29, 1.82) is 0 Å². The molecule has 1 saturated carbocycles. The predicted molar refractivity (Wildman–Crippen MR) is 87.0 cm³/mol. The Bertz CT molecular complexity index is 503. The van der Waals surface area contributed by atoms with Crippen molar-refractivity contribution in [3.8, 4) is 5.75 Å². The quantitative estimate of drug-likeness (QED) is 0.728. The Morgan fingerprint density at radius 3 is 2.24 bits per heavy atom. The first-order valence-corrected chi connectivity index (χ1v) is 8.01. The second-order valence-electron chi connectivity index (χ2n) is 7.46. The van der Waals surface area contributed by atoms with E-state index in [0.29, 0.717) is 11.2 Å². The van der Waals surface area contributed by atoms with E-state index in [1.165, 1.54) is 12.8 Å². The van der Waals surface area contributed by atoms with E-state index in [4.69, 9.17) is 4.74 Å². The number of hydrogen-bond acceptors (Lipinski definition) is 2. The van der Waals surface area contributed by atoms with Gasteiger partial charge in [0.05, 0.1) is 7.11 Å². The maximum absolute atomic E-state index is 12.7. The fourth-order valence-corrected chi connectivity index (χ4v) is 3.49. The molecule has 2 rings (SSSR count). The first kappa shape index (κ1) is 16.1. The van der Waals surface area contributed by atoms with Gasteiger partial charge in [-0.25, -0.2) is 0 Å². The van der Waals surface area contributed by atoms with Crippen molar-refractivity contribution in [1.82, 2.24) is 0 Å². The number of ketones is 1.